The van der Waals surface area contributed by atoms with Crippen molar-refractivity contribution >= 4 is 5.91 Å². The first-order valence-corrected chi connectivity index (χ1v) is 10.2. The Morgan fingerprint density at radius 1 is 1.16 bits per heavy atom. The van der Waals surface area contributed by atoms with E-state index < -0.39 is 34.7 Å². The minimum Gasteiger partial charge on any atom is -0.349 e. The van der Waals surface area contributed by atoms with Crippen LogP contribution in [-0.2, 0) is 0 Å². The van der Waals surface area contributed by atoms with Gasteiger partial charge in [-0.2, -0.15) is 9.78 Å². The molecule has 1 heterocycles. The van der Waals surface area contributed by atoms with Crippen LogP contribution < -0.4 is 16.6 Å². The van der Waals surface area contributed by atoms with Gasteiger partial charge < -0.3 is 10.2 Å². The molecule has 1 N–H and O–H groups in total. The topological polar surface area (TPSA) is 89.2 Å². The summed E-state index contributed by atoms with van der Waals surface area (Å²) < 4.78 is 16.1. The Morgan fingerprint density at radius 2 is 1.84 bits per heavy atom. The maximum atomic E-state index is 14.2. The Morgan fingerprint density at radius 3 is 2.47 bits per heavy atom. The summed E-state index contributed by atoms with van der Waals surface area (Å²) in [5.74, 6) is -1.23. The molecule has 1 aromatic heterocycles. The Bertz CT molecular complexity index is 1230. The summed E-state index contributed by atoms with van der Waals surface area (Å²) in [4.78, 5) is 41.1. The molecule has 0 aliphatic rings. The van der Waals surface area contributed by atoms with Crippen LogP contribution in [0, 0.1) is 12.7 Å². The van der Waals surface area contributed by atoms with Crippen molar-refractivity contribution in [1.29, 1.82) is 0 Å². The monoisotopic (exact) mass is 439 g/mol. The maximum Gasteiger partial charge on any atom is 0.352 e. The number of nitrogens with one attached hydrogen (secondary N) is 1. The number of rotatable bonds is 7. The van der Waals surface area contributed by atoms with E-state index in [9.17, 15) is 18.8 Å². The fourth-order valence-corrected chi connectivity index (χ4v) is 3.21. The zero-order chi connectivity index (χ0) is 23.4. The summed E-state index contributed by atoms with van der Waals surface area (Å²) in [5, 5.41) is 6.68. The van der Waals surface area contributed by atoms with Crippen molar-refractivity contribution < 1.29 is 9.18 Å². The molecule has 0 bridgehead atoms. The maximum absolute atomic E-state index is 14.2. The highest BCUT2D eigenvalue weighted by Crippen LogP contribution is 2.15. The van der Waals surface area contributed by atoms with Gasteiger partial charge in [-0.15, -0.1) is 0 Å². The van der Waals surface area contributed by atoms with Gasteiger partial charge in [-0.25, -0.2) is 13.8 Å². The molecule has 0 fully saturated rings. The second-order valence-corrected chi connectivity index (χ2v) is 7.80. The number of carbonyl (C=O) groups is 1. The van der Waals surface area contributed by atoms with E-state index in [0.29, 0.717) is 24.2 Å². The minimum absolute atomic E-state index is 0.120. The Hall–Kier alpha value is -3.59. The van der Waals surface area contributed by atoms with E-state index in [1.807, 2.05) is 25.1 Å². The summed E-state index contributed by atoms with van der Waals surface area (Å²) >= 11 is 0. The third-order valence-corrected chi connectivity index (χ3v) is 5.14. The average Bonchev–Trinajstić information content (AvgIpc) is 2.76. The average molecular weight is 439 g/mol. The van der Waals surface area contributed by atoms with Crippen LogP contribution in [0.4, 0.5) is 4.39 Å². The standard InChI is InChI=1S/C23H26FN5O3/c1-15-10-11-18(14-19(15)24)29-23(32)28(16(2)17-8-6-5-7-9-17)22(31)20(26-29)21(30)25-12-13-27(3)4/h5-11,14,16H,12-13H2,1-4H3,(H,25,30). The quantitative estimate of drug-likeness (QED) is 0.606. The third-order valence-electron chi connectivity index (χ3n) is 5.14. The smallest absolute Gasteiger partial charge is 0.349 e. The first-order chi connectivity index (χ1) is 15.2. The van der Waals surface area contributed by atoms with Crippen LogP contribution in [0.25, 0.3) is 5.69 Å². The first-order valence-electron chi connectivity index (χ1n) is 10.2. The molecule has 0 radical (unpaired) electrons. The predicted octanol–water partition coefficient (Wildman–Crippen LogP) is 1.74. The fourth-order valence-electron chi connectivity index (χ4n) is 3.21. The molecule has 1 unspecified atom stereocenters. The lowest BCUT2D eigenvalue weighted by atomic mass is 10.1. The molecule has 0 saturated heterocycles. The van der Waals surface area contributed by atoms with Gasteiger partial charge in [-0.3, -0.25) is 9.59 Å². The van der Waals surface area contributed by atoms with Gasteiger partial charge in [0.2, 0.25) is 5.69 Å². The molecule has 32 heavy (non-hydrogen) atoms. The van der Waals surface area contributed by atoms with Crippen molar-refractivity contribution in [3.8, 4) is 5.69 Å². The van der Waals surface area contributed by atoms with E-state index in [2.05, 4.69) is 10.4 Å². The lowest BCUT2D eigenvalue weighted by Gasteiger charge is -2.18. The minimum atomic E-state index is -0.808. The number of hydrogen-bond acceptors (Lipinski definition) is 5. The number of carbonyl (C=O) groups excluding carboxylic acids is 1. The van der Waals surface area contributed by atoms with Gasteiger partial charge in [-0.05, 0) is 45.1 Å². The van der Waals surface area contributed by atoms with Crippen molar-refractivity contribution in [3.63, 3.8) is 0 Å². The lowest BCUT2D eigenvalue weighted by molar-refractivity contribution is 0.0941. The number of benzene rings is 2. The van der Waals surface area contributed by atoms with Gasteiger partial charge in [0, 0.05) is 19.2 Å². The summed E-state index contributed by atoms with van der Waals surface area (Å²) in [6, 6.07) is 12.5. The largest absolute Gasteiger partial charge is 0.352 e. The van der Waals surface area contributed by atoms with Crippen molar-refractivity contribution in [3.05, 3.63) is 92.0 Å². The van der Waals surface area contributed by atoms with E-state index >= 15 is 0 Å². The van der Waals surface area contributed by atoms with Crippen LogP contribution in [0.2, 0.25) is 0 Å². The Labute approximate surface area is 184 Å². The second-order valence-electron chi connectivity index (χ2n) is 7.80. The molecule has 3 aromatic rings. The van der Waals surface area contributed by atoms with E-state index in [4.69, 9.17) is 0 Å². The molecule has 0 aliphatic carbocycles. The van der Waals surface area contributed by atoms with Gasteiger partial charge in [-0.1, -0.05) is 36.4 Å². The summed E-state index contributed by atoms with van der Waals surface area (Å²) in [6.45, 7) is 4.13. The molecular weight excluding hydrogens is 413 g/mol. The van der Waals surface area contributed by atoms with Crippen molar-refractivity contribution in [1.82, 2.24) is 24.6 Å². The first kappa shape index (κ1) is 23.1. The number of aryl methyl sites for hydroxylation is 1. The molecule has 2 aromatic carbocycles. The van der Waals surface area contributed by atoms with Gasteiger partial charge in [0.1, 0.15) is 5.82 Å². The highest BCUT2D eigenvalue weighted by molar-refractivity contribution is 5.91. The van der Waals surface area contributed by atoms with Crippen molar-refractivity contribution in [2.24, 2.45) is 0 Å². The van der Waals surface area contributed by atoms with Gasteiger partial charge in [0.15, 0.2) is 0 Å². The van der Waals surface area contributed by atoms with E-state index in [0.717, 1.165) is 15.3 Å². The number of halogens is 1. The second kappa shape index (κ2) is 9.69. The predicted molar refractivity (Wildman–Crippen MR) is 120 cm³/mol. The summed E-state index contributed by atoms with van der Waals surface area (Å²) in [5.41, 5.74) is -0.786. The van der Waals surface area contributed by atoms with Crippen LogP contribution >= 0.6 is 0 Å². The summed E-state index contributed by atoms with van der Waals surface area (Å²) in [6.07, 6.45) is 0. The molecule has 9 heteroatoms. The van der Waals surface area contributed by atoms with Crippen LogP contribution in [0.5, 0.6) is 0 Å². The fraction of sp³-hybridized carbons (Fsp3) is 0.304. The van der Waals surface area contributed by atoms with Gasteiger partial charge in [0.05, 0.1) is 11.7 Å². The molecule has 168 valence electrons. The SMILES string of the molecule is Cc1ccc(-n2nc(C(=O)NCCN(C)C)c(=O)n(C(C)c3ccccc3)c2=O)cc1F. The summed E-state index contributed by atoms with van der Waals surface area (Å²) in [7, 11) is 3.70. The van der Waals surface area contributed by atoms with Crippen LogP contribution in [0.1, 0.15) is 34.6 Å². The molecule has 0 aliphatic heterocycles. The highest BCUT2D eigenvalue weighted by Gasteiger charge is 2.24. The number of aromatic nitrogens is 3. The van der Waals surface area contributed by atoms with E-state index in [-0.39, 0.29) is 5.69 Å². The molecule has 8 nitrogen and oxygen atoms in total. The Kier molecular flexibility index (Phi) is 6.99. The van der Waals surface area contributed by atoms with Crippen LogP contribution in [0.3, 0.4) is 0 Å². The van der Waals surface area contributed by atoms with Crippen molar-refractivity contribution in [2.75, 3.05) is 27.2 Å². The molecule has 1 atom stereocenters. The molecular formula is C23H26FN5O3. The molecule has 1 amide bonds. The zero-order valence-corrected chi connectivity index (χ0v) is 18.5. The number of likely N-dealkylation sites (N-methyl/N-ethyl adjacent to an activating group) is 1. The highest BCUT2D eigenvalue weighted by atomic mass is 19.1. The molecule has 3 rings (SSSR count). The normalized spacial score (nSPS) is 12.1. The van der Waals surface area contributed by atoms with Gasteiger partial charge >= 0.3 is 5.69 Å². The van der Waals surface area contributed by atoms with E-state index in [1.165, 1.54) is 12.1 Å². The van der Waals surface area contributed by atoms with Crippen LogP contribution in [-0.4, -0.2) is 52.3 Å². The van der Waals surface area contributed by atoms with Crippen LogP contribution in [0.15, 0.2) is 58.1 Å². The number of nitrogens with zero attached hydrogens (tertiary/aromatic N) is 4. The molecule has 0 saturated carbocycles. The number of hydrogen-bond donors (Lipinski definition) is 1. The van der Waals surface area contributed by atoms with Crippen molar-refractivity contribution in [2.45, 2.75) is 19.9 Å². The zero-order valence-electron chi connectivity index (χ0n) is 18.5. The van der Waals surface area contributed by atoms with Gasteiger partial charge in [0.25, 0.3) is 11.5 Å². The Balaban J connectivity index is 2.19. The lowest BCUT2D eigenvalue weighted by Crippen LogP contribution is -2.47. The molecule has 0 spiro atoms. The van der Waals surface area contributed by atoms with E-state index in [1.54, 1.807) is 38.1 Å². The third kappa shape index (κ3) is 4.83. The number of amides is 1.